The lowest BCUT2D eigenvalue weighted by atomic mass is 9.94. The van der Waals surface area contributed by atoms with E-state index in [1.807, 2.05) is 0 Å². The van der Waals surface area contributed by atoms with Gasteiger partial charge in [0.25, 0.3) is 0 Å². The first-order chi connectivity index (χ1) is 10.1. The maximum absolute atomic E-state index is 5.72. The van der Waals surface area contributed by atoms with E-state index in [1.54, 1.807) is 7.11 Å². The maximum atomic E-state index is 5.72. The Morgan fingerprint density at radius 3 is 2.33 bits per heavy atom. The van der Waals surface area contributed by atoms with Crippen molar-refractivity contribution in [2.45, 2.75) is 46.6 Å². The molecule has 1 aromatic rings. The largest absolute Gasteiger partial charge is 0.382 e. The van der Waals surface area contributed by atoms with Gasteiger partial charge in [0.05, 0.1) is 19.8 Å². The molecular weight excluding hydrogens is 262 g/mol. The van der Waals surface area contributed by atoms with Crippen molar-refractivity contribution in [3.63, 3.8) is 0 Å². The summed E-state index contributed by atoms with van der Waals surface area (Å²) >= 11 is 0. The van der Waals surface area contributed by atoms with E-state index in [4.69, 9.17) is 9.47 Å². The molecule has 1 atom stereocenters. The molecule has 0 fully saturated rings. The molecule has 0 saturated carbocycles. The summed E-state index contributed by atoms with van der Waals surface area (Å²) in [5, 5.41) is 3.60. The highest BCUT2D eigenvalue weighted by atomic mass is 16.5. The fourth-order valence-corrected chi connectivity index (χ4v) is 2.68. The van der Waals surface area contributed by atoms with Crippen LogP contribution < -0.4 is 5.32 Å². The van der Waals surface area contributed by atoms with Gasteiger partial charge in [0.15, 0.2) is 0 Å². The molecule has 1 N–H and O–H groups in total. The average molecular weight is 293 g/mol. The molecule has 1 aromatic carbocycles. The van der Waals surface area contributed by atoms with Gasteiger partial charge in [-0.3, -0.25) is 0 Å². The molecule has 21 heavy (non-hydrogen) atoms. The Hall–Kier alpha value is -0.900. The van der Waals surface area contributed by atoms with Crippen molar-refractivity contribution in [2.24, 2.45) is 0 Å². The predicted octanol–water partition coefficient (Wildman–Crippen LogP) is 3.19. The van der Waals surface area contributed by atoms with E-state index in [2.05, 4.69) is 45.1 Å². The number of nitrogens with one attached hydrogen (secondary N) is 1. The van der Waals surface area contributed by atoms with Gasteiger partial charge in [-0.1, -0.05) is 24.6 Å². The van der Waals surface area contributed by atoms with E-state index in [0.29, 0.717) is 19.3 Å². The molecular formula is C18H31NO2. The van der Waals surface area contributed by atoms with Crippen molar-refractivity contribution in [2.75, 3.05) is 33.5 Å². The molecule has 0 amide bonds. The maximum Gasteiger partial charge on any atom is 0.0701 e. The Morgan fingerprint density at radius 2 is 1.76 bits per heavy atom. The Labute approximate surface area is 130 Å². The molecule has 120 valence electrons. The second-order valence-electron chi connectivity index (χ2n) is 5.80. The second-order valence-corrected chi connectivity index (χ2v) is 5.80. The Kier molecular flexibility index (Phi) is 8.58. The number of aryl methyl sites for hydroxylation is 3. The minimum atomic E-state index is 0.363. The van der Waals surface area contributed by atoms with Crippen LogP contribution in [0.3, 0.4) is 0 Å². The van der Waals surface area contributed by atoms with Crippen molar-refractivity contribution in [3.05, 3.63) is 34.4 Å². The predicted molar refractivity (Wildman–Crippen MR) is 89.1 cm³/mol. The Balaban J connectivity index is 2.66. The molecule has 0 saturated heterocycles. The van der Waals surface area contributed by atoms with Crippen LogP contribution in [0, 0.1) is 20.8 Å². The zero-order chi connectivity index (χ0) is 15.7. The summed E-state index contributed by atoms with van der Waals surface area (Å²) in [6.45, 7) is 11.8. The number of methoxy groups -OCH3 is 1. The highest BCUT2D eigenvalue weighted by Crippen LogP contribution is 2.18. The Morgan fingerprint density at radius 1 is 1.10 bits per heavy atom. The molecule has 0 aromatic heterocycles. The third-order valence-corrected chi connectivity index (χ3v) is 3.72. The highest BCUT2D eigenvalue weighted by Gasteiger charge is 2.13. The van der Waals surface area contributed by atoms with Crippen LogP contribution in [0.1, 0.15) is 35.6 Å². The van der Waals surface area contributed by atoms with Crippen molar-refractivity contribution >= 4 is 0 Å². The lowest BCUT2D eigenvalue weighted by Crippen LogP contribution is -2.36. The van der Waals surface area contributed by atoms with Crippen LogP contribution in [-0.4, -0.2) is 39.5 Å². The van der Waals surface area contributed by atoms with E-state index < -0.39 is 0 Å². The molecule has 0 bridgehead atoms. The lowest BCUT2D eigenvalue weighted by Gasteiger charge is -2.21. The summed E-state index contributed by atoms with van der Waals surface area (Å²) in [5.74, 6) is 0. The van der Waals surface area contributed by atoms with Crippen LogP contribution in [0.25, 0.3) is 0 Å². The van der Waals surface area contributed by atoms with Crippen LogP contribution >= 0.6 is 0 Å². The van der Waals surface area contributed by atoms with Crippen LogP contribution in [0.15, 0.2) is 12.1 Å². The lowest BCUT2D eigenvalue weighted by molar-refractivity contribution is 0.0587. The monoisotopic (exact) mass is 293 g/mol. The van der Waals surface area contributed by atoms with Gasteiger partial charge >= 0.3 is 0 Å². The molecule has 0 spiro atoms. The van der Waals surface area contributed by atoms with Gasteiger partial charge < -0.3 is 14.8 Å². The molecule has 1 rings (SSSR count). The van der Waals surface area contributed by atoms with E-state index in [1.165, 1.54) is 22.3 Å². The number of ether oxygens (including phenoxy) is 2. The van der Waals surface area contributed by atoms with Gasteiger partial charge in [-0.15, -0.1) is 0 Å². The smallest absolute Gasteiger partial charge is 0.0701 e. The minimum absolute atomic E-state index is 0.363. The van der Waals surface area contributed by atoms with Gasteiger partial charge in [0.1, 0.15) is 0 Å². The first-order valence-electron chi connectivity index (χ1n) is 7.95. The number of hydrogen-bond acceptors (Lipinski definition) is 3. The summed E-state index contributed by atoms with van der Waals surface area (Å²) in [7, 11) is 1.70. The Bertz CT molecular complexity index is 395. The first-order valence-corrected chi connectivity index (χ1v) is 7.95. The quantitative estimate of drug-likeness (QED) is 0.672. The van der Waals surface area contributed by atoms with E-state index in [9.17, 15) is 0 Å². The van der Waals surface area contributed by atoms with E-state index in [0.717, 1.165) is 26.0 Å². The van der Waals surface area contributed by atoms with Gasteiger partial charge in [-0.2, -0.15) is 0 Å². The summed E-state index contributed by atoms with van der Waals surface area (Å²) in [5.41, 5.74) is 5.55. The van der Waals surface area contributed by atoms with E-state index >= 15 is 0 Å². The topological polar surface area (TPSA) is 30.5 Å². The third kappa shape index (κ3) is 6.60. The van der Waals surface area contributed by atoms with Crippen molar-refractivity contribution in [1.29, 1.82) is 0 Å². The minimum Gasteiger partial charge on any atom is -0.382 e. The second kappa shape index (κ2) is 9.93. The SMILES string of the molecule is CCCNC(COCCOC)Cc1c(C)cc(C)cc1C. The van der Waals surface area contributed by atoms with Crippen molar-refractivity contribution < 1.29 is 9.47 Å². The summed E-state index contributed by atoms with van der Waals surface area (Å²) in [4.78, 5) is 0. The fraction of sp³-hybridized carbons (Fsp3) is 0.667. The highest BCUT2D eigenvalue weighted by molar-refractivity contribution is 5.38. The van der Waals surface area contributed by atoms with Gasteiger partial charge in [-0.05, 0) is 56.8 Å². The summed E-state index contributed by atoms with van der Waals surface area (Å²) < 4.78 is 10.8. The number of hydrogen-bond donors (Lipinski definition) is 1. The molecule has 0 aliphatic rings. The van der Waals surface area contributed by atoms with Crippen molar-refractivity contribution in [3.8, 4) is 0 Å². The van der Waals surface area contributed by atoms with Gasteiger partial charge in [-0.25, -0.2) is 0 Å². The molecule has 0 aliphatic carbocycles. The molecule has 0 radical (unpaired) electrons. The van der Waals surface area contributed by atoms with Gasteiger partial charge in [0, 0.05) is 13.2 Å². The standard InChI is InChI=1S/C18H31NO2/c1-6-7-19-17(13-21-9-8-20-5)12-18-15(3)10-14(2)11-16(18)4/h10-11,17,19H,6-9,12-13H2,1-5H3. The zero-order valence-corrected chi connectivity index (χ0v) is 14.3. The summed E-state index contributed by atoms with van der Waals surface area (Å²) in [6.07, 6.45) is 2.16. The normalized spacial score (nSPS) is 12.6. The third-order valence-electron chi connectivity index (χ3n) is 3.72. The molecule has 0 aliphatic heterocycles. The van der Waals surface area contributed by atoms with Crippen molar-refractivity contribution in [1.82, 2.24) is 5.32 Å². The zero-order valence-electron chi connectivity index (χ0n) is 14.3. The first kappa shape index (κ1) is 18.1. The van der Waals surface area contributed by atoms with Crippen LogP contribution in [-0.2, 0) is 15.9 Å². The average Bonchev–Trinajstić information content (AvgIpc) is 2.43. The van der Waals surface area contributed by atoms with Crippen LogP contribution in [0.4, 0.5) is 0 Å². The van der Waals surface area contributed by atoms with E-state index in [-0.39, 0.29) is 0 Å². The van der Waals surface area contributed by atoms with Crippen LogP contribution in [0.2, 0.25) is 0 Å². The van der Waals surface area contributed by atoms with Gasteiger partial charge in [0.2, 0.25) is 0 Å². The molecule has 1 unspecified atom stereocenters. The number of rotatable bonds is 10. The fourth-order valence-electron chi connectivity index (χ4n) is 2.68. The van der Waals surface area contributed by atoms with Crippen LogP contribution in [0.5, 0.6) is 0 Å². The molecule has 0 heterocycles. The molecule has 3 heteroatoms. The number of benzene rings is 1. The molecule has 3 nitrogen and oxygen atoms in total. The summed E-state index contributed by atoms with van der Waals surface area (Å²) in [6, 6.07) is 4.90.